The van der Waals surface area contributed by atoms with Crippen LogP contribution in [0.15, 0.2) is 29.3 Å². The van der Waals surface area contributed by atoms with E-state index in [4.69, 9.17) is 4.74 Å². The number of carbonyl (C=O) groups is 1. The highest BCUT2D eigenvalue weighted by atomic mass is 127. The van der Waals surface area contributed by atoms with Crippen LogP contribution in [0.5, 0.6) is 0 Å². The van der Waals surface area contributed by atoms with Gasteiger partial charge in [0.25, 0.3) is 0 Å². The molecule has 1 aromatic rings. The van der Waals surface area contributed by atoms with Crippen molar-refractivity contribution in [2.45, 2.75) is 26.8 Å². The highest BCUT2D eigenvalue weighted by Crippen LogP contribution is 2.18. The van der Waals surface area contributed by atoms with Gasteiger partial charge >= 0.3 is 0 Å². The van der Waals surface area contributed by atoms with Gasteiger partial charge < -0.3 is 20.3 Å². The maximum Gasteiger partial charge on any atom is 0.244 e. The molecule has 2 N–H and O–H groups in total. The zero-order valence-electron chi connectivity index (χ0n) is 15.1. The highest BCUT2D eigenvalue weighted by Gasteiger charge is 2.19. The van der Waals surface area contributed by atoms with Crippen LogP contribution in [0.3, 0.4) is 0 Å². The van der Waals surface area contributed by atoms with Crippen molar-refractivity contribution in [3.8, 4) is 0 Å². The standard InChI is InChI=1S/C18H28N4O2.HI/c1-3-19-18(20-10-12-24-4-2)21-13-17(23)22-11-9-15-7-5-6-8-16(15)14-22;/h5-8H,3-4,9-14H2,1-2H3,(H2,19,20,21);1H. The van der Waals surface area contributed by atoms with Crippen molar-refractivity contribution in [2.24, 2.45) is 4.99 Å². The Balaban J connectivity index is 0.00000312. The first-order chi connectivity index (χ1) is 11.7. The van der Waals surface area contributed by atoms with Gasteiger partial charge in [0, 0.05) is 32.8 Å². The van der Waals surface area contributed by atoms with Crippen LogP contribution in [-0.2, 0) is 22.5 Å². The van der Waals surface area contributed by atoms with Gasteiger partial charge in [0.15, 0.2) is 5.96 Å². The quantitative estimate of drug-likeness (QED) is 0.282. The van der Waals surface area contributed by atoms with Crippen molar-refractivity contribution in [1.29, 1.82) is 0 Å². The number of benzene rings is 1. The minimum atomic E-state index is 0. The van der Waals surface area contributed by atoms with E-state index in [9.17, 15) is 4.79 Å². The molecule has 2 rings (SSSR count). The lowest BCUT2D eigenvalue weighted by Gasteiger charge is -2.28. The molecule has 0 fully saturated rings. The monoisotopic (exact) mass is 460 g/mol. The van der Waals surface area contributed by atoms with E-state index < -0.39 is 0 Å². The first kappa shape index (κ1) is 21.7. The van der Waals surface area contributed by atoms with Gasteiger partial charge in [0.05, 0.1) is 6.61 Å². The summed E-state index contributed by atoms with van der Waals surface area (Å²) in [7, 11) is 0. The molecule has 1 aliphatic heterocycles. The Kier molecular flexibility index (Phi) is 10.5. The molecule has 0 saturated heterocycles. The molecule has 0 spiro atoms. The normalized spacial score (nSPS) is 13.7. The van der Waals surface area contributed by atoms with Crippen LogP contribution in [0, 0.1) is 0 Å². The molecule has 0 atom stereocenters. The van der Waals surface area contributed by atoms with E-state index in [1.165, 1.54) is 11.1 Å². The molecule has 0 radical (unpaired) electrons. The average Bonchev–Trinajstić information content (AvgIpc) is 2.62. The van der Waals surface area contributed by atoms with Crippen molar-refractivity contribution in [3.05, 3.63) is 35.4 Å². The number of carbonyl (C=O) groups excluding carboxylic acids is 1. The van der Waals surface area contributed by atoms with Crippen molar-refractivity contribution in [2.75, 3.05) is 39.4 Å². The summed E-state index contributed by atoms with van der Waals surface area (Å²) < 4.78 is 5.30. The van der Waals surface area contributed by atoms with Gasteiger partial charge in [-0.1, -0.05) is 24.3 Å². The lowest BCUT2D eigenvalue weighted by molar-refractivity contribution is -0.130. The molecule has 1 heterocycles. The molecule has 1 amide bonds. The summed E-state index contributed by atoms with van der Waals surface area (Å²) in [5, 5.41) is 6.32. The molecule has 1 aromatic carbocycles. The maximum atomic E-state index is 12.4. The Morgan fingerprint density at radius 3 is 2.72 bits per heavy atom. The van der Waals surface area contributed by atoms with E-state index in [2.05, 4.69) is 33.8 Å². The summed E-state index contributed by atoms with van der Waals surface area (Å²) in [6, 6.07) is 8.31. The number of hydrogen-bond acceptors (Lipinski definition) is 3. The van der Waals surface area contributed by atoms with Gasteiger partial charge in [0.1, 0.15) is 6.54 Å². The van der Waals surface area contributed by atoms with Crippen molar-refractivity contribution in [3.63, 3.8) is 0 Å². The van der Waals surface area contributed by atoms with E-state index in [1.54, 1.807) is 0 Å². The number of fused-ring (bicyclic) bond motifs is 1. The Morgan fingerprint density at radius 1 is 1.24 bits per heavy atom. The summed E-state index contributed by atoms with van der Waals surface area (Å²) in [4.78, 5) is 18.7. The minimum Gasteiger partial charge on any atom is -0.380 e. The number of guanidine groups is 1. The lowest BCUT2D eigenvalue weighted by Crippen LogP contribution is -2.41. The number of rotatable bonds is 7. The van der Waals surface area contributed by atoms with Crippen LogP contribution in [0.4, 0.5) is 0 Å². The number of ether oxygens (including phenoxy) is 1. The minimum absolute atomic E-state index is 0. The summed E-state index contributed by atoms with van der Waals surface area (Å²) in [5.74, 6) is 0.717. The predicted octanol–water partition coefficient (Wildman–Crippen LogP) is 1.78. The Hall–Kier alpha value is -1.35. The number of halogens is 1. The molecular formula is C18H29IN4O2. The first-order valence-electron chi connectivity index (χ1n) is 8.69. The Morgan fingerprint density at radius 2 is 2.00 bits per heavy atom. The van der Waals surface area contributed by atoms with Crippen LogP contribution in [0.25, 0.3) is 0 Å². The second-order valence-electron chi connectivity index (χ2n) is 5.65. The van der Waals surface area contributed by atoms with Gasteiger partial charge in [0.2, 0.25) is 5.91 Å². The third kappa shape index (κ3) is 7.19. The summed E-state index contributed by atoms with van der Waals surface area (Å²) >= 11 is 0. The summed E-state index contributed by atoms with van der Waals surface area (Å²) in [6.45, 7) is 8.32. The van der Waals surface area contributed by atoms with Crippen LogP contribution in [0.2, 0.25) is 0 Å². The van der Waals surface area contributed by atoms with Crippen LogP contribution in [0.1, 0.15) is 25.0 Å². The van der Waals surface area contributed by atoms with Crippen molar-refractivity contribution >= 4 is 35.8 Å². The fraction of sp³-hybridized carbons (Fsp3) is 0.556. The van der Waals surface area contributed by atoms with E-state index in [0.29, 0.717) is 32.3 Å². The average molecular weight is 460 g/mol. The molecule has 0 aromatic heterocycles. The van der Waals surface area contributed by atoms with Gasteiger partial charge in [-0.3, -0.25) is 4.79 Å². The van der Waals surface area contributed by atoms with Gasteiger partial charge in [-0.15, -0.1) is 24.0 Å². The molecule has 0 bridgehead atoms. The molecule has 0 aliphatic carbocycles. The number of aliphatic imine (C=N–C) groups is 1. The van der Waals surface area contributed by atoms with Gasteiger partial charge in [-0.2, -0.15) is 0 Å². The third-order valence-electron chi connectivity index (χ3n) is 3.94. The van der Waals surface area contributed by atoms with Crippen molar-refractivity contribution < 1.29 is 9.53 Å². The SMILES string of the molecule is CCNC(=NCC(=O)N1CCc2ccccc2C1)NCCOCC.I. The zero-order chi connectivity index (χ0) is 17.2. The lowest BCUT2D eigenvalue weighted by atomic mass is 10.00. The molecule has 25 heavy (non-hydrogen) atoms. The van der Waals surface area contributed by atoms with E-state index in [-0.39, 0.29) is 36.4 Å². The second-order valence-corrected chi connectivity index (χ2v) is 5.65. The molecule has 7 heteroatoms. The van der Waals surface area contributed by atoms with E-state index in [0.717, 1.165) is 19.5 Å². The molecule has 1 aliphatic rings. The van der Waals surface area contributed by atoms with E-state index >= 15 is 0 Å². The van der Waals surface area contributed by atoms with E-state index in [1.807, 2.05) is 24.8 Å². The maximum absolute atomic E-state index is 12.4. The molecule has 140 valence electrons. The highest BCUT2D eigenvalue weighted by molar-refractivity contribution is 14.0. The molecule has 0 unspecified atom stereocenters. The number of hydrogen-bond donors (Lipinski definition) is 2. The first-order valence-corrected chi connectivity index (χ1v) is 8.69. The van der Waals surface area contributed by atoms with Gasteiger partial charge in [-0.25, -0.2) is 4.99 Å². The van der Waals surface area contributed by atoms with Crippen molar-refractivity contribution in [1.82, 2.24) is 15.5 Å². The Bertz CT molecular complexity index is 566. The fourth-order valence-electron chi connectivity index (χ4n) is 2.68. The smallest absolute Gasteiger partial charge is 0.244 e. The number of amides is 1. The largest absolute Gasteiger partial charge is 0.380 e. The third-order valence-corrected chi connectivity index (χ3v) is 3.94. The van der Waals surface area contributed by atoms with Crippen LogP contribution >= 0.6 is 24.0 Å². The molecule has 0 saturated carbocycles. The zero-order valence-corrected chi connectivity index (χ0v) is 17.4. The molecular weight excluding hydrogens is 431 g/mol. The molecule has 6 nitrogen and oxygen atoms in total. The Labute approximate surface area is 167 Å². The number of nitrogens with one attached hydrogen (secondary N) is 2. The second kappa shape index (κ2) is 12.1. The number of nitrogens with zero attached hydrogens (tertiary/aromatic N) is 2. The summed E-state index contributed by atoms with van der Waals surface area (Å²) in [5.41, 5.74) is 2.58. The van der Waals surface area contributed by atoms with Crippen LogP contribution in [-0.4, -0.2) is 56.2 Å². The van der Waals surface area contributed by atoms with Crippen LogP contribution < -0.4 is 10.6 Å². The topological polar surface area (TPSA) is 66.0 Å². The summed E-state index contributed by atoms with van der Waals surface area (Å²) in [6.07, 6.45) is 0.915. The van der Waals surface area contributed by atoms with Gasteiger partial charge in [-0.05, 0) is 31.4 Å². The fourth-order valence-corrected chi connectivity index (χ4v) is 2.68. The predicted molar refractivity (Wildman–Crippen MR) is 111 cm³/mol.